The number of tetrazole rings is 1. The molecule has 1 atom stereocenters. The fraction of sp³-hybridized carbons (Fsp3) is 0.900. The van der Waals surface area contributed by atoms with Gasteiger partial charge in [0, 0.05) is 6.54 Å². The molecule has 1 aliphatic heterocycles. The van der Waals surface area contributed by atoms with E-state index < -0.39 is 0 Å². The van der Waals surface area contributed by atoms with Gasteiger partial charge in [0.15, 0.2) is 5.82 Å². The predicted molar refractivity (Wildman–Crippen MR) is 56.6 cm³/mol. The molecule has 88 valence electrons. The molecular formula is C10H17N5O. The van der Waals surface area contributed by atoms with E-state index in [1.807, 2.05) is 4.68 Å². The number of aromatic nitrogens is 4. The first kappa shape index (κ1) is 10.2. The van der Waals surface area contributed by atoms with Crippen LogP contribution in [0.2, 0.25) is 0 Å². The standard InChI is InChI=1S/C10H17N5O/c16-9-2-1-5-14(6-9)7-10-11-12-13-15(10)8-3-4-8/h8-9,16H,1-7H2/t9-/m0/s1. The predicted octanol–water partition coefficient (Wildman–Crippen LogP) is -0.0353. The van der Waals surface area contributed by atoms with Gasteiger partial charge in [-0.05, 0) is 42.7 Å². The van der Waals surface area contributed by atoms with Crippen molar-refractivity contribution >= 4 is 0 Å². The van der Waals surface area contributed by atoms with Crippen LogP contribution < -0.4 is 0 Å². The topological polar surface area (TPSA) is 67.1 Å². The van der Waals surface area contributed by atoms with E-state index in [9.17, 15) is 5.11 Å². The Morgan fingerprint density at radius 2 is 2.19 bits per heavy atom. The van der Waals surface area contributed by atoms with Gasteiger partial charge in [-0.15, -0.1) is 5.10 Å². The van der Waals surface area contributed by atoms with Gasteiger partial charge in [-0.25, -0.2) is 4.68 Å². The van der Waals surface area contributed by atoms with E-state index in [1.54, 1.807) is 0 Å². The van der Waals surface area contributed by atoms with Crippen molar-refractivity contribution in [2.45, 2.75) is 44.4 Å². The van der Waals surface area contributed by atoms with E-state index in [0.717, 1.165) is 38.3 Å². The normalized spacial score (nSPS) is 27.2. The van der Waals surface area contributed by atoms with Crippen molar-refractivity contribution < 1.29 is 5.11 Å². The van der Waals surface area contributed by atoms with Crippen LogP contribution in [-0.4, -0.2) is 49.4 Å². The van der Waals surface area contributed by atoms with Gasteiger partial charge in [0.1, 0.15) is 0 Å². The third-order valence-corrected chi connectivity index (χ3v) is 3.30. The van der Waals surface area contributed by atoms with E-state index in [2.05, 4.69) is 20.4 Å². The lowest BCUT2D eigenvalue weighted by molar-refractivity contribution is 0.0647. The van der Waals surface area contributed by atoms with Crippen LogP contribution in [0.5, 0.6) is 0 Å². The number of aliphatic hydroxyl groups is 1. The lowest BCUT2D eigenvalue weighted by Crippen LogP contribution is -2.38. The zero-order valence-corrected chi connectivity index (χ0v) is 9.29. The van der Waals surface area contributed by atoms with Crippen molar-refractivity contribution in [3.05, 3.63) is 5.82 Å². The zero-order valence-electron chi connectivity index (χ0n) is 9.29. The summed E-state index contributed by atoms with van der Waals surface area (Å²) in [6, 6.07) is 0.528. The highest BCUT2D eigenvalue weighted by Gasteiger charge is 2.28. The van der Waals surface area contributed by atoms with Gasteiger partial charge < -0.3 is 5.11 Å². The second-order valence-corrected chi connectivity index (χ2v) is 4.80. The van der Waals surface area contributed by atoms with Crippen LogP contribution >= 0.6 is 0 Å². The van der Waals surface area contributed by atoms with Gasteiger partial charge in [-0.1, -0.05) is 0 Å². The van der Waals surface area contributed by atoms with Crippen LogP contribution in [-0.2, 0) is 6.54 Å². The summed E-state index contributed by atoms with van der Waals surface area (Å²) in [5.74, 6) is 0.941. The smallest absolute Gasteiger partial charge is 0.165 e. The number of aliphatic hydroxyl groups excluding tert-OH is 1. The number of β-amino-alcohol motifs (C(OH)–C–C–N with tert-alkyl or cyclic N) is 1. The summed E-state index contributed by atoms with van der Waals surface area (Å²) in [5, 5.41) is 21.4. The Hall–Kier alpha value is -1.01. The molecule has 1 saturated carbocycles. The Kier molecular flexibility index (Phi) is 2.61. The van der Waals surface area contributed by atoms with E-state index >= 15 is 0 Å². The highest BCUT2D eigenvalue weighted by atomic mass is 16.3. The number of rotatable bonds is 3. The summed E-state index contributed by atoms with van der Waals surface area (Å²) in [5.41, 5.74) is 0. The molecule has 0 aromatic carbocycles. The molecule has 2 heterocycles. The second kappa shape index (κ2) is 4.10. The van der Waals surface area contributed by atoms with E-state index in [1.165, 1.54) is 12.8 Å². The maximum absolute atomic E-state index is 9.60. The van der Waals surface area contributed by atoms with Crippen LogP contribution in [0.15, 0.2) is 0 Å². The second-order valence-electron chi connectivity index (χ2n) is 4.80. The van der Waals surface area contributed by atoms with Crippen LogP contribution in [0.25, 0.3) is 0 Å². The minimum Gasteiger partial charge on any atom is -0.392 e. The summed E-state index contributed by atoms with van der Waals surface area (Å²) in [6.07, 6.45) is 4.19. The van der Waals surface area contributed by atoms with E-state index in [-0.39, 0.29) is 6.10 Å². The summed E-state index contributed by atoms with van der Waals surface area (Å²) in [4.78, 5) is 2.23. The third kappa shape index (κ3) is 2.08. The van der Waals surface area contributed by atoms with Crippen molar-refractivity contribution in [3.63, 3.8) is 0 Å². The lowest BCUT2D eigenvalue weighted by Gasteiger charge is -2.29. The van der Waals surface area contributed by atoms with Crippen molar-refractivity contribution in [1.29, 1.82) is 0 Å². The minimum absolute atomic E-state index is 0.181. The summed E-state index contributed by atoms with van der Waals surface area (Å²) < 4.78 is 1.95. The fourth-order valence-electron chi connectivity index (χ4n) is 2.29. The largest absolute Gasteiger partial charge is 0.392 e. The SMILES string of the molecule is O[C@H]1CCCN(Cc2nnnn2C2CC2)C1. The van der Waals surface area contributed by atoms with Crippen LogP contribution in [0.1, 0.15) is 37.5 Å². The Labute approximate surface area is 94.2 Å². The molecule has 0 spiro atoms. The number of hydrogen-bond acceptors (Lipinski definition) is 5. The monoisotopic (exact) mass is 223 g/mol. The molecule has 16 heavy (non-hydrogen) atoms. The maximum atomic E-state index is 9.60. The molecule has 1 saturated heterocycles. The summed E-state index contributed by atoms with van der Waals surface area (Å²) >= 11 is 0. The van der Waals surface area contributed by atoms with Gasteiger partial charge in [-0.3, -0.25) is 4.90 Å². The number of likely N-dealkylation sites (tertiary alicyclic amines) is 1. The molecule has 1 aliphatic carbocycles. The molecule has 1 aromatic rings. The molecule has 1 N–H and O–H groups in total. The molecule has 6 nitrogen and oxygen atoms in total. The molecule has 0 amide bonds. The molecule has 0 unspecified atom stereocenters. The molecule has 3 rings (SSSR count). The average molecular weight is 223 g/mol. The lowest BCUT2D eigenvalue weighted by atomic mass is 10.1. The third-order valence-electron chi connectivity index (χ3n) is 3.30. The number of piperidine rings is 1. The molecule has 2 aliphatic rings. The molecule has 6 heteroatoms. The molecule has 1 aromatic heterocycles. The highest BCUT2D eigenvalue weighted by Crippen LogP contribution is 2.34. The van der Waals surface area contributed by atoms with Gasteiger partial charge in [0.25, 0.3) is 0 Å². The molecule has 0 bridgehead atoms. The van der Waals surface area contributed by atoms with Gasteiger partial charge in [0.05, 0.1) is 18.7 Å². The highest BCUT2D eigenvalue weighted by molar-refractivity contribution is 4.91. The fourth-order valence-corrected chi connectivity index (χ4v) is 2.29. The zero-order chi connectivity index (χ0) is 11.0. The molecular weight excluding hydrogens is 206 g/mol. The average Bonchev–Trinajstić information content (AvgIpc) is 3.00. The quantitative estimate of drug-likeness (QED) is 0.779. The first-order valence-electron chi connectivity index (χ1n) is 6.00. The van der Waals surface area contributed by atoms with Gasteiger partial charge >= 0.3 is 0 Å². The van der Waals surface area contributed by atoms with Crippen LogP contribution in [0.3, 0.4) is 0 Å². The Balaban J connectivity index is 1.66. The van der Waals surface area contributed by atoms with Crippen LogP contribution in [0, 0.1) is 0 Å². The first-order valence-corrected chi connectivity index (χ1v) is 6.00. The van der Waals surface area contributed by atoms with Crippen molar-refractivity contribution in [1.82, 2.24) is 25.1 Å². The molecule has 0 radical (unpaired) electrons. The minimum atomic E-state index is -0.181. The van der Waals surface area contributed by atoms with Crippen molar-refractivity contribution in [3.8, 4) is 0 Å². The van der Waals surface area contributed by atoms with Crippen molar-refractivity contribution in [2.75, 3.05) is 13.1 Å². The Morgan fingerprint density at radius 3 is 2.94 bits per heavy atom. The van der Waals surface area contributed by atoms with E-state index in [4.69, 9.17) is 0 Å². The Morgan fingerprint density at radius 1 is 1.31 bits per heavy atom. The number of hydrogen-bond donors (Lipinski definition) is 1. The van der Waals surface area contributed by atoms with Gasteiger partial charge in [0.2, 0.25) is 0 Å². The molecule has 2 fully saturated rings. The van der Waals surface area contributed by atoms with E-state index in [0.29, 0.717) is 6.04 Å². The summed E-state index contributed by atoms with van der Waals surface area (Å²) in [7, 11) is 0. The summed E-state index contributed by atoms with van der Waals surface area (Å²) in [6.45, 7) is 2.55. The van der Waals surface area contributed by atoms with Crippen molar-refractivity contribution in [2.24, 2.45) is 0 Å². The first-order chi connectivity index (χ1) is 7.83. The maximum Gasteiger partial charge on any atom is 0.165 e. The Bertz CT molecular complexity index is 362. The number of nitrogens with zero attached hydrogens (tertiary/aromatic N) is 5. The van der Waals surface area contributed by atoms with Gasteiger partial charge in [-0.2, -0.15) is 0 Å². The van der Waals surface area contributed by atoms with Crippen LogP contribution in [0.4, 0.5) is 0 Å².